The minimum absolute atomic E-state index is 0.0761. The minimum atomic E-state index is -0.725. The maximum atomic E-state index is 12.0. The van der Waals surface area contributed by atoms with Gasteiger partial charge in [-0.05, 0) is 31.6 Å². The summed E-state index contributed by atoms with van der Waals surface area (Å²) in [6.45, 7) is 2.56. The van der Waals surface area contributed by atoms with Gasteiger partial charge in [-0.2, -0.15) is 0 Å². The first-order valence-electron chi connectivity index (χ1n) is 7.44. The van der Waals surface area contributed by atoms with Crippen molar-refractivity contribution in [3.8, 4) is 0 Å². The summed E-state index contributed by atoms with van der Waals surface area (Å²) < 4.78 is 1.92. The van der Waals surface area contributed by atoms with Crippen LogP contribution in [0.3, 0.4) is 0 Å². The molecule has 0 saturated heterocycles. The first-order valence-corrected chi connectivity index (χ1v) is 8.32. The molecule has 21 heavy (non-hydrogen) atoms. The Kier molecular flexibility index (Phi) is 3.99. The highest BCUT2D eigenvalue weighted by atomic mass is 32.1. The van der Waals surface area contributed by atoms with Crippen molar-refractivity contribution in [2.24, 2.45) is 5.92 Å². The van der Waals surface area contributed by atoms with Crippen molar-refractivity contribution >= 4 is 22.2 Å². The zero-order valence-corrected chi connectivity index (χ0v) is 13.0. The Balaban J connectivity index is 1.51. The molecule has 2 N–H and O–H groups in total. The smallest absolute Gasteiger partial charge is 0.226 e. The first-order chi connectivity index (χ1) is 10.0. The largest absolute Gasteiger partial charge is 0.388 e. The quantitative estimate of drug-likeness (QED) is 0.908. The maximum absolute atomic E-state index is 12.0. The lowest BCUT2D eigenvalue weighted by molar-refractivity contribution is -0.122. The molecule has 0 atom stereocenters. The third kappa shape index (κ3) is 3.44. The van der Waals surface area contributed by atoms with E-state index in [2.05, 4.69) is 17.2 Å². The summed E-state index contributed by atoms with van der Waals surface area (Å²) >= 11 is 1.55. The van der Waals surface area contributed by atoms with Gasteiger partial charge in [-0.25, -0.2) is 4.98 Å². The third-order valence-electron chi connectivity index (χ3n) is 4.30. The summed E-state index contributed by atoms with van der Waals surface area (Å²) in [6, 6.07) is 0. The highest BCUT2D eigenvalue weighted by Crippen LogP contribution is 2.31. The fourth-order valence-electron chi connectivity index (χ4n) is 2.83. The molecule has 3 rings (SSSR count). The number of thiazole rings is 1. The van der Waals surface area contributed by atoms with Gasteiger partial charge in [0.05, 0.1) is 17.7 Å². The molecule has 1 aliphatic carbocycles. The van der Waals surface area contributed by atoms with Crippen molar-refractivity contribution in [3.63, 3.8) is 0 Å². The second kappa shape index (κ2) is 5.77. The maximum Gasteiger partial charge on any atom is 0.226 e. The molecule has 2 aromatic heterocycles. The van der Waals surface area contributed by atoms with Crippen LogP contribution in [-0.2, 0) is 11.2 Å². The van der Waals surface area contributed by atoms with Gasteiger partial charge in [0, 0.05) is 24.3 Å². The summed E-state index contributed by atoms with van der Waals surface area (Å²) in [7, 11) is 0. The van der Waals surface area contributed by atoms with Gasteiger partial charge in [0.1, 0.15) is 0 Å². The summed E-state index contributed by atoms with van der Waals surface area (Å²) in [6.07, 6.45) is 7.68. The Morgan fingerprint density at radius 3 is 3.05 bits per heavy atom. The van der Waals surface area contributed by atoms with E-state index in [-0.39, 0.29) is 12.3 Å². The van der Waals surface area contributed by atoms with Crippen molar-refractivity contribution in [1.82, 2.24) is 14.7 Å². The second-order valence-corrected chi connectivity index (χ2v) is 7.06. The van der Waals surface area contributed by atoms with Gasteiger partial charge < -0.3 is 10.4 Å². The van der Waals surface area contributed by atoms with Crippen molar-refractivity contribution < 1.29 is 9.90 Å². The zero-order chi connectivity index (χ0) is 14.9. The fraction of sp³-hybridized carbons (Fsp3) is 0.600. The Morgan fingerprint density at radius 2 is 2.33 bits per heavy atom. The normalized spacial score (nSPS) is 26.1. The lowest BCUT2D eigenvalue weighted by atomic mass is 9.79. The molecule has 0 radical (unpaired) electrons. The van der Waals surface area contributed by atoms with Gasteiger partial charge in [0.2, 0.25) is 5.91 Å². The van der Waals surface area contributed by atoms with Crippen LogP contribution >= 0.6 is 11.3 Å². The molecular weight excluding hydrogens is 286 g/mol. The SMILES string of the molecule is CC1CCC(O)(CNC(=O)Cc2cn3ccsc3n2)CC1. The molecule has 2 heterocycles. The number of carbonyl (C=O) groups is 1. The van der Waals surface area contributed by atoms with Gasteiger partial charge in [-0.1, -0.05) is 6.92 Å². The lowest BCUT2D eigenvalue weighted by Gasteiger charge is -2.34. The number of hydrogen-bond donors (Lipinski definition) is 2. The van der Waals surface area contributed by atoms with E-state index in [1.165, 1.54) is 0 Å². The van der Waals surface area contributed by atoms with Crippen LogP contribution in [0.15, 0.2) is 17.8 Å². The van der Waals surface area contributed by atoms with E-state index in [0.717, 1.165) is 36.3 Å². The Labute approximate surface area is 128 Å². The van der Waals surface area contributed by atoms with Crippen molar-refractivity contribution in [2.75, 3.05) is 6.54 Å². The van der Waals surface area contributed by atoms with Crippen molar-refractivity contribution in [3.05, 3.63) is 23.5 Å². The van der Waals surface area contributed by atoms with Gasteiger partial charge in [0.25, 0.3) is 0 Å². The number of imidazole rings is 1. The predicted molar refractivity (Wildman–Crippen MR) is 82.4 cm³/mol. The first kappa shape index (κ1) is 14.5. The minimum Gasteiger partial charge on any atom is -0.388 e. The molecule has 2 aromatic rings. The van der Waals surface area contributed by atoms with E-state index in [1.54, 1.807) is 11.3 Å². The highest BCUT2D eigenvalue weighted by Gasteiger charge is 2.31. The molecule has 6 heteroatoms. The Morgan fingerprint density at radius 1 is 1.57 bits per heavy atom. The van der Waals surface area contributed by atoms with Crippen LogP contribution in [0.25, 0.3) is 4.96 Å². The van der Waals surface area contributed by atoms with E-state index in [4.69, 9.17) is 0 Å². The molecule has 0 aliphatic heterocycles. The van der Waals surface area contributed by atoms with Crippen LogP contribution in [0, 0.1) is 5.92 Å². The molecule has 1 aliphatic rings. The van der Waals surface area contributed by atoms with E-state index in [0.29, 0.717) is 12.5 Å². The summed E-state index contributed by atoms with van der Waals surface area (Å²) in [5.74, 6) is 0.604. The van der Waals surface area contributed by atoms with Crippen LogP contribution in [0.2, 0.25) is 0 Å². The van der Waals surface area contributed by atoms with E-state index < -0.39 is 5.60 Å². The molecule has 0 aromatic carbocycles. The Hall–Kier alpha value is -1.40. The molecule has 1 fully saturated rings. The number of carbonyl (C=O) groups excluding carboxylic acids is 1. The van der Waals surface area contributed by atoms with Crippen molar-refractivity contribution in [1.29, 1.82) is 0 Å². The topological polar surface area (TPSA) is 66.6 Å². The number of rotatable bonds is 4. The molecule has 5 nitrogen and oxygen atoms in total. The molecule has 0 unspecified atom stereocenters. The average Bonchev–Trinajstić information content (AvgIpc) is 3.01. The van der Waals surface area contributed by atoms with Gasteiger partial charge >= 0.3 is 0 Å². The molecule has 0 bridgehead atoms. The van der Waals surface area contributed by atoms with Crippen LogP contribution in [0.5, 0.6) is 0 Å². The number of amides is 1. The number of aliphatic hydroxyl groups is 1. The van der Waals surface area contributed by atoms with E-state index in [9.17, 15) is 9.90 Å². The average molecular weight is 307 g/mol. The van der Waals surface area contributed by atoms with Gasteiger partial charge in [-0.15, -0.1) is 11.3 Å². The summed E-state index contributed by atoms with van der Waals surface area (Å²) in [5, 5.41) is 15.3. The number of nitrogens with one attached hydrogen (secondary N) is 1. The third-order valence-corrected chi connectivity index (χ3v) is 5.08. The number of nitrogens with zero attached hydrogens (tertiary/aromatic N) is 2. The van der Waals surface area contributed by atoms with Gasteiger partial charge in [-0.3, -0.25) is 9.20 Å². The molecule has 0 spiro atoms. The summed E-state index contributed by atoms with van der Waals surface area (Å²) in [4.78, 5) is 17.3. The predicted octanol–water partition coefficient (Wildman–Crippen LogP) is 2.00. The fourth-order valence-corrected chi connectivity index (χ4v) is 3.55. The standard InChI is InChI=1S/C15H21N3O2S/c1-11-2-4-15(20,5-3-11)10-16-13(19)8-12-9-18-6-7-21-14(18)17-12/h6-7,9,11,20H,2-5,8,10H2,1H3,(H,16,19). The number of aromatic nitrogens is 2. The number of fused-ring (bicyclic) bond motifs is 1. The summed E-state index contributed by atoms with van der Waals surface area (Å²) in [5.41, 5.74) is 0.0417. The Bertz CT molecular complexity index is 597. The van der Waals surface area contributed by atoms with Gasteiger partial charge in [0.15, 0.2) is 4.96 Å². The molecule has 1 saturated carbocycles. The molecule has 1 amide bonds. The van der Waals surface area contributed by atoms with E-state index >= 15 is 0 Å². The molecular formula is C15H21N3O2S. The second-order valence-electron chi connectivity index (χ2n) is 6.19. The van der Waals surface area contributed by atoms with Crippen molar-refractivity contribution in [2.45, 2.75) is 44.6 Å². The van der Waals surface area contributed by atoms with Crippen LogP contribution in [-0.4, -0.2) is 32.5 Å². The lowest BCUT2D eigenvalue weighted by Crippen LogP contribution is -2.45. The van der Waals surface area contributed by atoms with Crippen LogP contribution in [0.4, 0.5) is 0 Å². The molecule has 114 valence electrons. The van der Waals surface area contributed by atoms with Crippen LogP contribution < -0.4 is 5.32 Å². The number of hydrogen-bond acceptors (Lipinski definition) is 4. The zero-order valence-electron chi connectivity index (χ0n) is 12.2. The highest BCUT2D eigenvalue weighted by molar-refractivity contribution is 7.15. The van der Waals surface area contributed by atoms with Crippen LogP contribution in [0.1, 0.15) is 38.3 Å². The van der Waals surface area contributed by atoms with E-state index in [1.807, 2.05) is 22.2 Å². The monoisotopic (exact) mass is 307 g/mol.